The van der Waals surface area contributed by atoms with Crippen molar-refractivity contribution in [3.05, 3.63) is 12.2 Å². The van der Waals surface area contributed by atoms with Gasteiger partial charge in [0.1, 0.15) is 0 Å². The number of rotatable bonds is 2. The molecule has 0 bridgehead atoms. The molecule has 1 rings (SSSR count). The van der Waals surface area contributed by atoms with Crippen molar-refractivity contribution < 1.29 is 4.79 Å². The molecule has 0 aromatic heterocycles. The van der Waals surface area contributed by atoms with Crippen molar-refractivity contribution in [2.45, 2.75) is 26.7 Å². The number of hydrogen-bond donors (Lipinski definition) is 2. The van der Waals surface area contributed by atoms with E-state index in [0.29, 0.717) is 11.8 Å². The molecule has 0 aromatic rings. The quantitative estimate of drug-likeness (QED) is 0.392. The number of nitrogens with two attached hydrogens (primary N) is 1. The van der Waals surface area contributed by atoms with Gasteiger partial charge in [-0.25, -0.2) is 10.2 Å². The van der Waals surface area contributed by atoms with Gasteiger partial charge in [0.15, 0.2) is 0 Å². The molecular formula is C10H17N3O. The summed E-state index contributed by atoms with van der Waals surface area (Å²) >= 11 is 0. The summed E-state index contributed by atoms with van der Waals surface area (Å²) in [6.07, 6.45) is 6.43. The van der Waals surface area contributed by atoms with Gasteiger partial charge in [0.2, 0.25) is 0 Å². The van der Waals surface area contributed by atoms with Gasteiger partial charge in [-0.2, -0.15) is 5.10 Å². The first-order chi connectivity index (χ1) is 6.61. The zero-order valence-electron chi connectivity index (χ0n) is 8.66. The Hall–Kier alpha value is -1.32. The second-order valence-electron chi connectivity index (χ2n) is 3.76. The molecule has 2 amide bonds. The van der Waals surface area contributed by atoms with Gasteiger partial charge in [0.25, 0.3) is 0 Å². The van der Waals surface area contributed by atoms with Gasteiger partial charge in [-0.05, 0) is 25.7 Å². The average molecular weight is 195 g/mol. The summed E-state index contributed by atoms with van der Waals surface area (Å²) in [5.41, 5.74) is 8.14. The van der Waals surface area contributed by atoms with Crippen molar-refractivity contribution in [2.24, 2.45) is 22.7 Å². The van der Waals surface area contributed by atoms with Crippen LogP contribution in [0.1, 0.15) is 26.7 Å². The normalized spacial score (nSPS) is 27.4. The summed E-state index contributed by atoms with van der Waals surface area (Å²) in [5, 5.41) is 3.96. The van der Waals surface area contributed by atoms with Gasteiger partial charge in [0, 0.05) is 11.6 Å². The molecule has 1 aliphatic carbocycles. The molecule has 0 aromatic carbocycles. The van der Waals surface area contributed by atoms with Gasteiger partial charge in [0.05, 0.1) is 0 Å². The molecule has 0 heterocycles. The molecule has 0 fully saturated rings. The average Bonchev–Trinajstić information content (AvgIpc) is 2.15. The Bertz CT molecular complexity index is 271. The molecule has 0 saturated carbocycles. The van der Waals surface area contributed by atoms with Crippen LogP contribution in [0, 0.1) is 11.8 Å². The predicted molar refractivity (Wildman–Crippen MR) is 56.9 cm³/mol. The Balaban J connectivity index is 2.58. The first-order valence-corrected chi connectivity index (χ1v) is 4.86. The van der Waals surface area contributed by atoms with Crippen LogP contribution in [0.25, 0.3) is 0 Å². The Morgan fingerprint density at radius 3 is 2.71 bits per heavy atom. The summed E-state index contributed by atoms with van der Waals surface area (Å²) in [6, 6.07) is -0.608. The number of hydrogen-bond acceptors (Lipinski definition) is 2. The van der Waals surface area contributed by atoms with Crippen LogP contribution < -0.4 is 11.2 Å². The smallest absolute Gasteiger partial charge is 0.332 e. The van der Waals surface area contributed by atoms with E-state index in [1.54, 1.807) is 0 Å². The van der Waals surface area contributed by atoms with E-state index < -0.39 is 6.03 Å². The minimum Gasteiger partial charge on any atom is -0.350 e. The second-order valence-corrected chi connectivity index (χ2v) is 3.76. The van der Waals surface area contributed by atoms with Crippen LogP contribution in [0.3, 0.4) is 0 Å². The molecule has 2 unspecified atom stereocenters. The maximum Gasteiger partial charge on any atom is 0.332 e. The molecule has 14 heavy (non-hydrogen) atoms. The van der Waals surface area contributed by atoms with Crippen molar-refractivity contribution >= 4 is 11.7 Å². The second kappa shape index (κ2) is 4.79. The molecule has 78 valence electrons. The zero-order chi connectivity index (χ0) is 10.6. The molecule has 4 nitrogen and oxygen atoms in total. The highest BCUT2D eigenvalue weighted by Gasteiger charge is 2.20. The van der Waals surface area contributed by atoms with Crippen molar-refractivity contribution in [3.8, 4) is 0 Å². The van der Waals surface area contributed by atoms with Gasteiger partial charge in [-0.3, -0.25) is 0 Å². The van der Waals surface area contributed by atoms with Gasteiger partial charge in [-0.1, -0.05) is 19.1 Å². The van der Waals surface area contributed by atoms with E-state index in [0.717, 1.165) is 18.6 Å². The Morgan fingerprint density at radius 1 is 1.50 bits per heavy atom. The Labute approximate surface area is 84.2 Å². The third-order valence-electron chi connectivity index (χ3n) is 2.63. The van der Waals surface area contributed by atoms with Gasteiger partial charge in [-0.15, -0.1) is 0 Å². The van der Waals surface area contributed by atoms with E-state index in [1.165, 1.54) is 0 Å². The number of urea groups is 1. The summed E-state index contributed by atoms with van der Waals surface area (Å²) in [7, 11) is 0. The van der Waals surface area contributed by atoms with Gasteiger partial charge >= 0.3 is 6.03 Å². The molecule has 4 heteroatoms. The molecule has 0 saturated heterocycles. The van der Waals surface area contributed by atoms with E-state index in [1.807, 2.05) is 6.92 Å². The fraction of sp³-hybridized carbons (Fsp3) is 0.600. The van der Waals surface area contributed by atoms with Crippen molar-refractivity contribution in [1.82, 2.24) is 5.43 Å². The van der Waals surface area contributed by atoms with E-state index in [2.05, 4.69) is 29.6 Å². The maximum atomic E-state index is 10.5. The van der Waals surface area contributed by atoms with E-state index >= 15 is 0 Å². The van der Waals surface area contributed by atoms with E-state index in [4.69, 9.17) is 5.73 Å². The summed E-state index contributed by atoms with van der Waals surface area (Å²) in [5.74, 6) is 1.00. The molecule has 0 radical (unpaired) electrons. The molecule has 2 atom stereocenters. The minimum absolute atomic E-state index is 0.423. The molecule has 3 N–H and O–H groups in total. The van der Waals surface area contributed by atoms with Crippen LogP contribution in [-0.2, 0) is 0 Å². The SMILES string of the molecule is C/C(=N\NC(N)=O)C1CC=CCC1C. The Morgan fingerprint density at radius 2 is 2.14 bits per heavy atom. The standard InChI is InChI=1S/C10H17N3O/c1-7-5-3-4-6-9(7)8(2)12-13-10(11)14/h3-4,7,9H,5-6H2,1-2H3,(H3,11,13,14)/b12-8+. The predicted octanol–water partition coefficient (Wildman–Crippen LogP) is 1.63. The fourth-order valence-corrected chi connectivity index (χ4v) is 1.76. The van der Waals surface area contributed by atoms with Crippen molar-refractivity contribution in [3.63, 3.8) is 0 Å². The lowest BCUT2D eigenvalue weighted by atomic mass is 9.82. The highest BCUT2D eigenvalue weighted by molar-refractivity contribution is 5.86. The number of carbonyl (C=O) groups is 1. The van der Waals surface area contributed by atoms with Crippen molar-refractivity contribution in [2.75, 3.05) is 0 Å². The topological polar surface area (TPSA) is 67.5 Å². The number of amides is 2. The van der Waals surface area contributed by atoms with Crippen LogP contribution in [0.5, 0.6) is 0 Å². The number of hydrazone groups is 1. The summed E-state index contributed by atoms with van der Waals surface area (Å²) < 4.78 is 0. The molecule has 1 aliphatic rings. The third-order valence-corrected chi connectivity index (χ3v) is 2.63. The number of allylic oxidation sites excluding steroid dienone is 2. The van der Waals surface area contributed by atoms with Crippen LogP contribution in [0.15, 0.2) is 17.3 Å². The molecular weight excluding hydrogens is 178 g/mol. The first-order valence-electron chi connectivity index (χ1n) is 4.86. The number of carbonyl (C=O) groups excluding carboxylic acids is 1. The molecule has 0 aliphatic heterocycles. The summed E-state index contributed by atoms with van der Waals surface area (Å²) in [4.78, 5) is 10.5. The highest BCUT2D eigenvalue weighted by Crippen LogP contribution is 2.25. The van der Waals surface area contributed by atoms with E-state index in [9.17, 15) is 4.79 Å². The van der Waals surface area contributed by atoms with Crippen LogP contribution >= 0.6 is 0 Å². The number of nitrogens with one attached hydrogen (secondary N) is 1. The lowest BCUT2D eigenvalue weighted by Gasteiger charge is -2.24. The Kier molecular flexibility index (Phi) is 3.68. The lowest BCUT2D eigenvalue weighted by Crippen LogP contribution is -2.29. The number of primary amides is 1. The van der Waals surface area contributed by atoms with Crippen molar-refractivity contribution in [1.29, 1.82) is 0 Å². The minimum atomic E-state index is -0.608. The van der Waals surface area contributed by atoms with Crippen LogP contribution in [0.4, 0.5) is 4.79 Å². The van der Waals surface area contributed by atoms with Crippen LogP contribution in [-0.4, -0.2) is 11.7 Å². The highest BCUT2D eigenvalue weighted by atomic mass is 16.2. The fourth-order valence-electron chi connectivity index (χ4n) is 1.76. The van der Waals surface area contributed by atoms with Gasteiger partial charge < -0.3 is 5.73 Å². The third kappa shape index (κ3) is 2.87. The largest absolute Gasteiger partial charge is 0.350 e. The summed E-state index contributed by atoms with van der Waals surface area (Å²) in [6.45, 7) is 4.12. The molecule has 0 spiro atoms. The maximum absolute atomic E-state index is 10.5. The number of nitrogens with zero attached hydrogens (tertiary/aromatic N) is 1. The monoisotopic (exact) mass is 195 g/mol. The first kappa shape index (κ1) is 10.8. The lowest BCUT2D eigenvalue weighted by molar-refractivity contribution is 0.249. The zero-order valence-corrected chi connectivity index (χ0v) is 8.66. The van der Waals surface area contributed by atoms with E-state index in [-0.39, 0.29) is 0 Å². The van der Waals surface area contributed by atoms with Crippen LogP contribution in [0.2, 0.25) is 0 Å².